The van der Waals surface area contributed by atoms with E-state index in [9.17, 15) is 0 Å². The summed E-state index contributed by atoms with van der Waals surface area (Å²) in [5, 5.41) is 7.92. The molecule has 6 nitrogen and oxygen atoms in total. The van der Waals surface area contributed by atoms with Gasteiger partial charge in [-0.3, -0.25) is 4.98 Å². The first kappa shape index (κ1) is 19.2. The van der Waals surface area contributed by atoms with E-state index in [1.807, 2.05) is 12.3 Å². The third-order valence-corrected chi connectivity index (χ3v) is 6.22. The molecule has 1 aliphatic carbocycles. The second kappa shape index (κ2) is 8.13. The summed E-state index contributed by atoms with van der Waals surface area (Å²) in [5.74, 6) is 2.14. The quantitative estimate of drug-likeness (QED) is 0.620. The monoisotopic (exact) mass is 398 g/mol. The number of anilines is 1. The number of rotatable bonds is 7. The lowest BCUT2D eigenvalue weighted by Crippen LogP contribution is -2.34. The molecule has 3 aromatic heterocycles. The zero-order chi connectivity index (χ0) is 20.5. The van der Waals surface area contributed by atoms with Crippen LogP contribution in [0.2, 0.25) is 0 Å². The Balaban J connectivity index is 1.39. The minimum atomic E-state index is 0.368. The van der Waals surface area contributed by atoms with Crippen LogP contribution >= 0.6 is 0 Å². The van der Waals surface area contributed by atoms with Crippen LogP contribution in [0.1, 0.15) is 49.3 Å². The maximum atomic E-state index is 6.18. The van der Waals surface area contributed by atoms with Crippen molar-refractivity contribution >= 4 is 24.8 Å². The van der Waals surface area contributed by atoms with E-state index in [-0.39, 0.29) is 0 Å². The average molecular weight is 398 g/mol. The summed E-state index contributed by atoms with van der Waals surface area (Å²) in [5.41, 5.74) is 4.81. The van der Waals surface area contributed by atoms with Crippen molar-refractivity contribution in [2.75, 3.05) is 18.4 Å². The Kier molecular flexibility index (Phi) is 5.19. The van der Waals surface area contributed by atoms with Crippen molar-refractivity contribution in [1.82, 2.24) is 24.5 Å². The summed E-state index contributed by atoms with van der Waals surface area (Å²) >= 11 is 0. The molecule has 1 N–H and O–H groups in total. The molecule has 0 amide bonds. The number of piperidine rings is 1. The van der Waals surface area contributed by atoms with Crippen molar-refractivity contribution in [3.05, 3.63) is 60.3 Å². The molecule has 3 aromatic rings. The Labute approximate surface area is 178 Å². The van der Waals surface area contributed by atoms with E-state index < -0.39 is 0 Å². The number of allylic oxidation sites excluding steroid dienone is 1. The number of nitrogens with zero attached hydrogens (tertiary/aromatic N) is 5. The summed E-state index contributed by atoms with van der Waals surface area (Å²) < 4.78 is 1.79. The summed E-state index contributed by atoms with van der Waals surface area (Å²) in [6, 6.07) is 6.14. The van der Waals surface area contributed by atoms with E-state index in [0.717, 1.165) is 61.0 Å². The Morgan fingerprint density at radius 2 is 2.17 bits per heavy atom. The van der Waals surface area contributed by atoms with E-state index in [4.69, 9.17) is 12.8 Å². The van der Waals surface area contributed by atoms with Gasteiger partial charge < -0.3 is 10.2 Å². The van der Waals surface area contributed by atoms with Gasteiger partial charge >= 0.3 is 0 Å². The topological polar surface area (TPSA) is 58.4 Å². The fraction of sp³-hybridized carbons (Fsp3) is 0.435. The fourth-order valence-electron chi connectivity index (χ4n) is 4.32. The minimum Gasteiger partial charge on any atom is -0.375 e. The third kappa shape index (κ3) is 4.06. The number of pyridine rings is 1. The van der Waals surface area contributed by atoms with Gasteiger partial charge in [0.1, 0.15) is 13.7 Å². The van der Waals surface area contributed by atoms with Crippen LogP contribution in [0, 0.1) is 5.92 Å². The van der Waals surface area contributed by atoms with Crippen molar-refractivity contribution in [2.24, 2.45) is 5.92 Å². The maximum absolute atomic E-state index is 6.18. The summed E-state index contributed by atoms with van der Waals surface area (Å²) in [6.45, 7) is 7.12. The zero-order valence-corrected chi connectivity index (χ0v) is 17.3. The molecule has 1 saturated carbocycles. The number of hydrogen-bond donors (Lipinski definition) is 1. The first-order valence-electron chi connectivity index (χ1n) is 10.9. The maximum Gasteiger partial charge on any atom is 0.150 e. The van der Waals surface area contributed by atoms with Crippen molar-refractivity contribution in [3.8, 4) is 0 Å². The lowest BCUT2D eigenvalue weighted by Gasteiger charge is -2.35. The number of fused-ring (bicyclic) bond motifs is 1. The molecule has 7 heteroatoms. The zero-order valence-electron chi connectivity index (χ0n) is 17.3. The molecule has 30 heavy (non-hydrogen) atoms. The lowest BCUT2D eigenvalue weighted by molar-refractivity contribution is 0.248. The van der Waals surface area contributed by atoms with Crippen LogP contribution in [-0.4, -0.2) is 45.4 Å². The van der Waals surface area contributed by atoms with Gasteiger partial charge in [-0.25, -0.2) is 4.98 Å². The highest BCUT2D eigenvalue weighted by molar-refractivity contribution is 6.36. The molecular formula is C23H27BN6. The van der Waals surface area contributed by atoms with Crippen LogP contribution < -0.4 is 10.8 Å². The summed E-state index contributed by atoms with van der Waals surface area (Å²) in [4.78, 5) is 11.6. The predicted molar refractivity (Wildman–Crippen MR) is 120 cm³/mol. The second-order valence-corrected chi connectivity index (χ2v) is 8.62. The molecule has 0 aromatic carbocycles. The van der Waals surface area contributed by atoms with Gasteiger partial charge in [-0.2, -0.15) is 9.61 Å². The van der Waals surface area contributed by atoms with Crippen LogP contribution in [0.3, 0.4) is 0 Å². The highest BCUT2D eigenvalue weighted by Crippen LogP contribution is 2.37. The smallest absolute Gasteiger partial charge is 0.150 e. The Bertz CT molecular complexity index is 1040. The molecule has 2 radical (unpaired) electrons. The van der Waals surface area contributed by atoms with Gasteiger partial charge in [0.2, 0.25) is 0 Å². The van der Waals surface area contributed by atoms with E-state index in [0.29, 0.717) is 17.9 Å². The first-order valence-corrected chi connectivity index (χ1v) is 10.9. The van der Waals surface area contributed by atoms with Gasteiger partial charge in [-0.15, -0.1) is 0 Å². The Morgan fingerprint density at radius 3 is 2.97 bits per heavy atom. The molecule has 2 aliphatic rings. The molecule has 1 saturated heterocycles. The van der Waals surface area contributed by atoms with Crippen molar-refractivity contribution in [2.45, 2.75) is 44.6 Å². The first-order chi connectivity index (χ1) is 14.7. The number of likely N-dealkylation sites (tertiary alicyclic amines) is 1. The molecule has 1 atom stereocenters. The third-order valence-electron chi connectivity index (χ3n) is 6.22. The van der Waals surface area contributed by atoms with Gasteiger partial charge in [0, 0.05) is 55.9 Å². The second-order valence-electron chi connectivity index (χ2n) is 8.62. The van der Waals surface area contributed by atoms with Gasteiger partial charge in [-0.05, 0) is 55.1 Å². The van der Waals surface area contributed by atoms with Crippen molar-refractivity contribution in [1.29, 1.82) is 0 Å². The Morgan fingerprint density at radius 1 is 1.27 bits per heavy atom. The van der Waals surface area contributed by atoms with Crippen LogP contribution in [0.4, 0.5) is 5.82 Å². The summed E-state index contributed by atoms with van der Waals surface area (Å²) in [7, 11) is 6.18. The molecule has 1 aliphatic heterocycles. The molecule has 0 bridgehead atoms. The molecule has 0 spiro atoms. The summed E-state index contributed by atoms with van der Waals surface area (Å²) in [6.07, 6.45) is 11.5. The molecule has 2 fully saturated rings. The van der Waals surface area contributed by atoms with Crippen LogP contribution in [0.25, 0.3) is 5.65 Å². The van der Waals surface area contributed by atoms with Crippen molar-refractivity contribution in [3.63, 3.8) is 0 Å². The van der Waals surface area contributed by atoms with Crippen LogP contribution in [0.15, 0.2) is 49.1 Å². The largest absolute Gasteiger partial charge is 0.375 e. The van der Waals surface area contributed by atoms with Gasteiger partial charge in [-0.1, -0.05) is 12.6 Å². The van der Waals surface area contributed by atoms with Gasteiger partial charge in [0.05, 0.1) is 5.69 Å². The average Bonchev–Trinajstić information content (AvgIpc) is 3.53. The van der Waals surface area contributed by atoms with Gasteiger partial charge in [0.15, 0.2) is 5.65 Å². The highest BCUT2D eigenvalue weighted by atomic mass is 15.3. The standard InChI is InChI=1S/C23H27BN6/c1-16(10-17-6-7-17)29-9-3-5-19(15-29)21-11-22(26-13-18-4-2-8-25-12-18)30-23(28-21)20(24)14-27-30/h2,4,8,11-12,14,17,19,26H,1,3,5-7,9-10,13,15H2. The number of hydrogen-bond acceptors (Lipinski definition) is 5. The lowest BCUT2D eigenvalue weighted by atomic mass is 9.93. The minimum absolute atomic E-state index is 0.368. The molecule has 1 unspecified atom stereocenters. The van der Waals surface area contributed by atoms with E-state index >= 15 is 0 Å². The van der Waals surface area contributed by atoms with Crippen molar-refractivity contribution < 1.29 is 0 Å². The number of aromatic nitrogens is 4. The normalized spacial score (nSPS) is 19.2. The SMILES string of the molecule is [B]c1cnn2c(NCc3cccnc3)cc(C3CCCN(C(=C)CC4CC4)C3)nc12. The van der Waals surface area contributed by atoms with Crippen LogP contribution in [-0.2, 0) is 6.54 Å². The Hall–Kier alpha value is -2.83. The molecule has 152 valence electrons. The fourth-order valence-corrected chi connectivity index (χ4v) is 4.32. The van der Waals surface area contributed by atoms with E-state index in [1.165, 1.54) is 18.5 Å². The highest BCUT2D eigenvalue weighted by Gasteiger charge is 2.28. The molecule has 4 heterocycles. The van der Waals surface area contributed by atoms with Crippen LogP contribution in [0.5, 0.6) is 0 Å². The molecular weight excluding hydrogens is 371 g/mol. The van der Waals surface area contributed by atoms with E-state index in [2.05, 4.69) is 39.0 Å². The van der Waals surface area contributed by atoms with Gasteiger partial charge in [0.25, 0.3) is 0 Å². The predicted octanol–water partition coefficient (Wildman–Crippen LogP) is 3.02. The number of nitrogens with one attached hydrogen (secondary N) is 1. The van der Waals surface area contributed by atoms with E-state index in [1.54, 1.807) is 16.9 Å². The molecule has 5 rings (SSSR count).